The van der Waals surface area contributed by atoms with Crippen molar-refractivity contribution < 1.29 is 13.6 Å². The SMILES string of the molecule is O=C(Nc1cccc(F)c1)c1cnc(Nc2ccc(F)c(Cl)c2)cn1. The summed E-state index contributed by atoms with van der Waals surface area (Å²) in [5, 5.41) is 5.39. The summed E-state index contributed by atoms with van der Waals surface area (Å²) in [7, 11) is 0. The van der Waals surface area contributed by atoms with Crippen LogP contribution in [0.3, 0.4) is 0 Å². The van der Waals surface area contributed by atoms with Crippen molar-refractivity contribution in [1.82, 2.24) is 9.97 Å². The molecule has 8 heteroatoms. The Labute approximate surface area is 146 Å². The Morgan fingerprint density at radius 2 is 1.84 bits per heavy atom. The van der Waals surface area contributed by atoms with Crippen molar-refractivity contribution in [1.29, 1.82) is 0 Å². The van der Waals surface area contributed by atoms with Crippen LogP contribution in [0.2, 0.25) is 5.02 Å². The second kappa shape index (κ2) is 7.23. The molecule has 3 aromatic rings. The number of amides is 1. The summed E-state index contributed by atoms with van der Waals surface area (Å²) >= 11 is 5.70. The van der Waals surface area contributed by atoms with Gasteiger partial charge in [-0.05, 0) is 36.4 Å². The number of carbonyl (C=O) groups excluding carboxylic acids is 1. The van der Waals surface area contributed by atoms with Gasteiger partial charge in [-0.15, -0.1) is 0 Å². The molecule has 3 rings (SSSR count). The number of hydrogen-bond acceptors (Lipinski definition) is 4. The fourth-order valence-electron chi connectivity index (χ4n) is 1.99. The lowest BCUT2D eigenvalue weighted by molar-refractivity contribution is 0.102. The van der Waals surface area contributed by atoms with Crippen molar-refractivity contribution in [2.45, 2.75) is 0 Å². The molecular formula is C17H11ClF2N4O. The van der Waals surface area contributed by atoms with E-state index >= 15 is 0 Å². The molecule has 0 spiro atoms. The first-order valence-corrected chi connectivity index (χ1v) is 7.50. The van der Waals surface area contributed by atoms with Gasteiger partial charge in [-0.2, -0.15) is 0 Å². The molecule has 0 atom stereocenters. The van der Waals surface area contributed by atoms with Crippen molar-refractivity contribution >= 4 is 34.7 Å². The summed E-state index contributed by atoms with van der Waals surface area (Å²) in [6, 6.07) is 9.63. The molecule has 0 aliphatic heterocycles. The zero-order chi connectivity index (χ0) is 17.8. The molecule has 2 N–H and O–H groups in total. The third kappa shape index (κ3) is 4.27. The molecule has 5 nitrogen and oxygen atoms in total. The van der Waals surface area contributed by atoms with Gasteiger partial charge in [0.2, 0.25) is 0 Å². The lowest BCUT2D eigenvalue weighted by Crippen LogP contribution is -2.14. The van der Waals surface area contributed by atoms with E-state index in [1.807, 2.05) is 0 Å². The normalized spacial score (nSPS) is 10.4. The quantitative estimate of drug-likeness (QED) is 0.723. The fourth-order valence-corrected chi connectivity index (χ4v) is 2.17. The summed E-state index contributed by atoms with van der Waals surface area (Å²) < 4.78 is 26.2. The highest BCUT2D eigenvalue weighted by atomic mass is 35.5. The van der Waals surface area contributed by atoms with Crippen molar-refractivity contribution in [3.8, 4) is 0 Å². The Hall–Kier alpha value is -3.06. The molecular weight excluding hydrogens is 350 g/mol. The van der Waals surface area contributed by atoms with Crippen LogP contribution in [0.15, 0.2) is 54.9 Å². The minimum absolute atomic E-state index is 0.0240. The second-order valence-electron chi connectivity index (χ2n) is 5.01. The number of carbonyl (C=O) groups is 1. The van der Waals surface area contributed by atoms with E-state index in [0.29, 0.717) is 17.2 Å². The molecule has 0 saturated carbocycles. The molecule has 0 bridgehead atoms. The first-order valence-electron chi connectivity index (χ1n) is 7.12. The summed E-state index contributed by atoms with van der Waals surface area (Å²) in [6.07, 6.45) is 2.61. The smallest absolute Gasteiger partial charge is 0.275 e. The summed E-state index contributed by atoms with van der Waals surface area (Å²) in [6.45, 7) is 0. The molecule has 1 aromatic heterocycles. The van der Waals surface area contributed by atoms with E-state index in [0.717, 1.165) is 0 Å². The number of benzene rings is 2. The molecule has 25 heavy (non-hydrogen) atoms. The van der Waals surface area contributed by atoms with Crippen molar-refractivity contribution in [3.63, 3.8) is 0 Å². The van der Waals surface area contributed by atoms with Crippen LogP contribution in [0.5, 0.6) is 0 Å². The van der Waals surface area contributed by atoms with Gasteiger partial charge in [-0.3, -0.25) is 4.79 Å². The Balaban J connectivity index is 1.69. The third-order valence-corrected chi connectivity index (χ3v) is 3.45. The molecule has 126 valence electrons. The predicted molar refractivity (Wildman–Crippen MR) is 91.1 cm³/mol. The predicted octanol–water partition coefficient (Wildman–Crippen LogP) is 4.40. The number of aromatic nitrogens is 2. The van der Waals surface area contributed by atoms with Gasteiger partial charge in [0, 0.05) is 11.4 Å². The van der Waals surface area contributed by atoms with Crippen LogP contribution in [-0.2, 0) is 0 Å². The molecule has 0 aliphatic carbocycles. The number of nitrogens with one attached hydrogen (secondary N) is 2. The maximum atomic E-state index is 13.1. The Kier molecular flexibility index (Phi) is 4.85. The van der Waals surface area contributed by atoms with Crippen LogP contribution < -0.4 is 10.6 Å². The average molecular weight is 361 g/mol. The Morgan fingerprint density at radius 1 is 1.00 bits per heavy atom. The van der Waals surface area contributed by atoms with E-state index in [1.54, 1.807) is 6.07 Å². The molecule has 0 saturated heterocycles. The highest BCUT2D eigenvalue weighted by molar-refractivity contribution is 6.31. The summed E-state index contributed by atoms with van der Waals surface area (Å²) in [5.41, 5.74) is 0.902. The van der Waals surface area contributed by atoms with Crippen LogP contribution in [-0.4, -0.2) is 15.9 Å². The first kappa shape index (κ1) is 16.8. The summed E-state index contributed by atoms with van der Waals surface area (Å²) in [5.74, 6) is -1.15. The molecule has 1 heterocycles. The van der Waals surface area contributed by atoms with Crippen molar-refractivity contribution in [3.05, 3.63) is 77.2 Å². The van der Waals surface area contributed by atoms with Crippen molar-refractivity contribution in [2.75, 3.05) is 10.6 Å². The zero-order valence-corrected chi connectivity index (χ0v) is 13.4. The molecule has 0 unspecified atom stereocenters. The van der Waals surface area contributed by atoms with Gasteiger partial charge in [-0.1, -0.05) is 17.7 Å². The van der Waals surface area contributed by atoms with E-state index < -0.39 is 17.5 Å². The lowest BCUT2D eigenvalue weighted by Gasteiger charge is -2.07. The number of nitrogens with zero attached hydrogens (tertiary/aromatic N) is 2. The lowest BCUT2D eigenvalue weighted by atomic mass is 10.3. The van der Waals surface area contributed by atoms with E-state index in [9.17, 15) is 13.6 Å². The fraction of sp³-hybridized carbons (Fsp3) is 0. The molecule has 2 aromatic carbocycles. The minimum Gasteiger partial charge on any atom is -0.339 e. The molecule has 0 radical (unpaired) electrons. The van der Waals surface area contributed by atoms with E-state index in [-0.39, 0.29) is 10.7 Å². The van der Waals surface area contributed by atoms with Gasteiger partial charge in [0.05, 0.1) is 17.4 Å². The van der Waals surface area contributed by atoms with E-state index in [2.05, 4.69) is 20.6 Å². The van der Waals surface area contributed by atoms with Gasteiger partial charge in [0.25, 0.3) is 5.91 Å². The molecule has 1 amide bonds. The minimum atomic E-state index is -0.525. The average Bonchev–Trinajstić information content (AvgIpc) is 2.59. The largest absolute Gasteiger partial charge is 0.339 e. The van der Waals surface area contributed by atoms with E-state index in [4.69, 9.17) is 11.6 Å². The molecule has 0 fully saturated rings. The number of rotatable bonds is 4. The zero-order valence-electron chi connectivity index (χ0n) is 12.6. The van der Waals surface area contributed by atoms with Crippen LogP contribution in [0.4, 0.5) is 26.0 Å². The van der Waals surface area contributed by atoms with Crippen LogP contribution in [0.25, 0.3) is 0 Å². The first-order chi connectivity index (χ1) is 12.0. The monoisotopic (exact) mass is 360 g/mol. The highest BCUT2D eigenvalue weighted by Crippen LogP contribution is 2.21. The maximum absolute atomic E-state index is 13.1. The van der Waals surface area contributed by atoms with Gasteiger partial charge < -0.3 is 10.6 Å². The van der Waals surface area contributed by atoms with Crippen molar-refractivity contribution in [2.24, 2.45) is 0 Å². The number of anilines is 3. The van der Waals surface area contributed by atoms with Gasteiger partial charge in [0.1, 0.15) is 23.1 Å². The van der Waals surface area contributed by atoms with Crippen LogP contribution in [0, 0.1) is 11.6 Å². The molecule has 0 aliphatic rings. The highest BCUT2D eigenvalue weighted by Gasteiger charge is 2.09. The standard InChI is InChI=1S/C17H11ClF2N4O/c18-13-7-12(4-5-14(13)20)23-16-9-21-15(8-22-16)17(25)24-11-3-1-2-10(19)6-11/h1-9H,(H,22,23)(H,24,25). The second-order valence-corrected chi connectivity index (χ2v) is 5.41. The van der Waals surface area contributed by atoms with Gasteiger partial charge in [0.15, 0.2) is 0 Å². The number of halogens is 3. The van der Waals surface area contributed by atoms with Crippen LogP contribution >= 0.6 is 11.6 Å². The maximum Gasteiger partial charge on any atom is 0.275 e. The topological polar surface area (TPSA) is 66.9 Å². The van der Waals surface area contributed by atoms with Crippen LogP contribution in [0.1, 0.15) is 10.5 Å². The van der Waals surface area contributed by atoms with Gasteiger partial charge in [-0.25, -0.2) is 18.7 Å². The summed E-state index contributed by atoms with van der Waals surface area (Å²) in [4.78, 5) is 20.1. The van der Waals surface area contributed by atoms with E-state index in [1.165, 1.54) is 48.8 Å². The number of hydrogen-bond donors (Lipinski definition) is 2. The Bertz CT molecular complexity index is 919. The Morgan fingerprint density at radius 3 is 2.52 bits per heavy atom. The van der Waals surface area contributed by atoms with Gasteiger partial charge >= 0.3 is 0 Å². The third-order valence-electron chi connectivity index (χ3n) is 3.16.